The Morgan fingerprint density at radius 2 is 2.10 bits per heavy atom. The van der Waals surface area contributed by atoms with Gasteiger partial charge >= 0.3 is 0 Å². The quantitative estimate of drug-likeness (QED) is 0.830. The molecule has 1 unspecified atom stereocenters. The van der Waals surface area contributed by atoms with E-state index in [1.54, 1.807) is 14.2 Å². The first-order valence-electron chi connectivity index (χ1n) is 7.95. The molecule has 0 aliphatic heterocycles. The van der Waals surface area contributed by atoms with Crippen molar-refractivity contribution >= 4 is 0 Å². The van der Waals surface area contributed by atoms with E-state index in [0.717, 1.165) is 31.7 Å². The van der Waals surface area contributed by atoms with Crippen LogP contribution in [0.25, 0.3) is 0 Å². The molecule has 2 rings (SSSR count). The maximum atomic E-state index is 5.34. The van der Waals surface area contributed by atoms with E-state index in [1.165, 1.54) is 24.0 Å². The van der Waals surface area contributed by atoms with Crippen LogP contribution in [0.15, 0.2) is 18.2 Å². The van der Waals surface area contributed by atoms with Crippen molar-refractivity contribution in [3.05, 3.63) is 29.3 Å². The second-order valence-electron chi connectivity index (χ2n) is 6.80. The molecule has 0 amide bonds. The summed E-state index contributed by atoms with van der Waals surface area (Å²) >= 11 is 0. The van der Waals surface area contributed by atoms with Crippen LogP contribution in [-0.4, -0.2) is 27.4 Å². The predicted octanol–water partition coefficient (Wildman–Crippen LogP) is 3.72. The molecule has 1 aromatic carbocycles. The second-order valence-corrected chi connectivity index (χ2v) is 6.80. The average Bonchev–Trinajstić information content (AvgIpc) is 2.50. The lowest BCUT2D eigenvalue weighted by molar-refractivity contribution is 0.148. The van der Waals surface area contributed by atoms with E-state index < -0.39 is 0 Å². The van der Waals surface area contributed by atoms with Crippen molar-refractivity contribution in [2.75, 3.05) is 27.4 Å². The standard InChI is InChI=1S/C18H29NO2/c1-18(2,10-11-20-3)13-19-17-7-5-6-14-12-15(21-4)8-9-16(14)17/h8-9,12,17,19H,5-7,10-11,13H2,1-4H3. The number of ether oxygens (including phenoxy) is 2. The smallest absolute Gasteiger partial charge is 0.119 e. The number of nitrogens with one attached hydrogen (secondary N) is 1. The third-order valence-electron chi connectivity index (χ3n) is 4.47. The van der Waals surface area contributed by atoms with Gasteiger partial charge in [0.2, 0.25) is 0 Å². The summed E-state index contributed by atoms with van der Waals surface area (Å²) in [6.07, 6.45) is 4.71. The minimum absolute atomic E-state index is 0.264. The van der Waals surface area contributed by atoms with Gasteiger partial charge in [0.1, 0.15) is 5.75 Å². The third-order valence-corrected chi connectivity index (χ3v) is 4.47. The summed E-state index contributed by atoms with van der Waals surface area (Å²) in [7, 11) is 3.51. The van der Waals surface area contributed by atoms with Gasteiger partial charge in [-0.1, -0.05) is 19.9 Å². The number of hydrogen-bond donors (Lipinski definition) is 1. The first-order chi connectivity index (χ1) is 10.1. The van der Waals surface area contributed by atoms with Crippen LogP contribution >= 0.6 is 0 Å². The molecule has 0 spiro atoms. The number of fused-ring (bicyclic) bond motifs is 1. The minimum Gasteiger partial charge on any atom is -0.497 e. The zero-order valence-corrected chi connectivity index (χ0v) is 13.9. The summed E-state index contributed by atoms with van der Waals surface area (Å²) in [5, 5.41) is 3.77. The molecule has 118 valence electrons. The molecule has 0 aromatic heterocycles. The monoisotopic (exact) mass is 291 g/mol. The van der Waals surface area contributed by atoms with Crippen molar-refractivity contribution in [3.8, 4) is 5.75 Å². The molecular formula is C18H29NO2. The van der Waals surface area contributed by atoms with Gasteiger partial charge in [-0.2, -0.15) is 0 Å². The Morgan fingerprint density at radius 1 is 1.29 bits per heavy atom. The number of aryl methyl sites for hydroxylation is 1. The molecule has 0 fully saturated rings. The van der Waals surface area contributed by atoms with Gasteiger partial charge in [0.15, 0.2) is 0 Å². The first-order valence-corrected chi connectivity index (χ1v) is 7.95. The number of benzene rings is 1. The molecule has 21 heavy (non-hydrogen) atoms. The van der Waals surface area contributed by atoms with Crippen LogP contribution in [0.3, 0.4) is 0 Å². The highest BCUT2D eigenvalue weighted by Crippen LogP contribution is 2.33. The zero-order valence-electron chi connectivity index (χ0n) is 13.9. The summed E-state index contributed by atoms with van der Waals surface area (Å²) in [5.74, 6) is 0.967. The highest BCUT2D eigenvalue weighted by Gasteiger charge is 2.24. The van der Waals surface area contributed by atoms with Crippen LogP contribution in [-0.2, 0) is 11.2 Å². The van der Waals surface area contributed by atoms with Crippen molar-refractivity contribution < 1.29 is 9.47 Å². The molecule has 0 heterocycles. The molecule has 1 aliphatic carbocycles. The number of rotatable bonds is 7. The average molecular weight is 291 g/mol. The Kier molecular flexibility index (Phi) is 5.65. The van der Waals surface area contributed by atoms with Crippen molar-refractivity contribution in [2.24, 2.45) is 5.41 Å². The lowest BCUT2D eigenvalue weighted by atomic mass is 9.85. The molecular weight excluding hydrogens is 262 g/mol. The third kappa shape index (κ3) is 4.45. The van der Waals surface area contributed by atoms with Crippen molar-refractivity contribution in [1.29, 1.82) is 0 Å². The summed E-state index contributed by atoms with van der Waals surface area (Å²) in [5.41, 5.74) is 3.15. The molecule has 1 N–H and O–H groups in total. The summed E-state index contributed by atoms with van der Waals surface area (Å²) < 4.78 is 10.5. The molecule has 3 nitrogen and oxygen atoms in total. The molecule has 0 radical (unpaired) electrons. The first kappa shape index (κ1) is 16.3. The summed E-state index contributed by atoms with van der Waals surface area (Å²) in [4.78, 5) is 0. The highest BCUT2D eigenvalue weighted by molar-refractivity contribution is 5.39. The van der Waals surface area contributed by atoms with E-state index in [0.29, 0.717) is 6.04 Å². The van der Waals surface area contributed by atoms with Gasteiger partial charge in [-0.3, -0.25) is 0 Å². The Hall–Kier alpha value is -1.06. The molecule has 1 aliphatic rings. The van der Waals surface area contributed by atoms with E-state index >= 15 is 0 Å². The normalized spacial score (nSPS) is 18.4. The Morgan fingerprint density at radius 3 is 2.81 bits per heavy atom. The fourth-order valence-electron chi connectivity index (χ4n) is 3.00. The predicted molar refractivity (Wildman–Crippen MR) is 86.9 cm³/mol. The number of methoxy groups -OCH3 is 2. The molecule has 3 heteroatoms. The Labute approximate surface area is 129 Å². The SMILES string of the molecule is COCCC(C)(C)CNC1CCCc2cc(OC)ccc21. The molecule has 0 bridgehead atoms. The maximum absolute atomic E-state index is 5.34. The minimum atomic E-state index is 0.264. The molecule has 0 saturated heterocycles. The van der Waals surface area contributed by atoms with Crippen LogP contribution in [0, 0.1) is 5.41 Å². The fraction of sp³-hybridized carbons (Fsp3) is 0.667. The second kappa shape index (κ2) is 7.28. The maximum Gasteiger partial charge on any atom is 0.119 e. The van der Waals surface area contributed by atoms with E-state index in [4.69, 9.17) is 9.47 Å². The van der Waals surface area contributed by atoms with Gasteiger partial charge in [-0.05, 0) is 54.4 Å². The van der Waals surface area contributed by atoms with Crippen LogP contribution in [0.1, 0.15) is 50.3 Å². The van der Waals surface area contributed by atoms with Gasteiger partial charge in [0, 0.05) is 26.3 Å². The highest BCUT2D eigenvalue weighted by atomic mass is 16.5. The van der Waals surface area contributed by atoms with E-state index in [9.17, 15) is 0 Å². The number of hydrogen-bond acceptors (Lipinski definition) is 3. The Bertz CT molecular complexity index is 457. The zero-order chi connectivity index (χ0) is 15.3. The molecule has 1 atom stereocenters. The lowest BCUT2D eigenvalue weighted by Gasteiger charge is -2.31. The van der Waals surface area contributed by atoms with Crippen molar-refractivity contribution in [1.82, 2.24) is 5.32 Å². The van der Waals surface area contributed by atoms with Gasteiger partial charge in [-0.25, -0.2) is 0 Å². The van der Waals surface area contributed by atoms with Crippen LogP contribution in [0.5, 0.6) is 5.75 Å². The lowest BCUT2D eigenvalue weighted by Crippen LogP contribution is -2.34. The summed E-state index contributed by atoms with van der Waals surface area (Å²) in [6.45, 7) is 6.45. The van der Waals surface area contributed by atoms with Crippen LogP contribution in [0.4, 0.5) is 0 Å². The van der Waals surface area contributed by atoms with Gasteiger partial charge in [0.05, 0.1) is 7.11 Å². The van der Waals surface area contributed by atoms with E-state index in [-0.39, 0.29) is 5.41 Å². The van der Waals surface area contributed by atoms with E-state index in [2.05, 4.69) is 37.4 Å². The topological polar surface area (TPSA) is 30.5 Å². The van der Waals surface area contributed by atoms with Crippen molar-refractivity contribution in [3.63, 3.8) is 0 Å². The van der Waals surface area contributed by atoms with Crippen LogP contribution in [0.2, 0.25) is 0 Å². The molecule has 0 saturated carbocycles. The Balaban J connectivity index is 2.00. The van der Waals surface area contributed by atoms with E-state index in [1.807, 2.05) is 0 Å². The largest absolute Gasteiger partial charge is 0.497 e. The van der Waals surface area contributed by atoms with Crippen LogP contribution < -0.4 is 10.1 Å². The van der Waals surface area contributed by atoms with Gasteiger partial charge in [-0.15, -0.1) is 0 Å². The van der Waals surface area contributed by atoms with Gasteiger partial charge < -0.3 is 14.8 Å². The van der Waals surface area contributed by atoms with Crippen molar-refractivity contribution in [2.45, 2.75) is 45.6 Å². The summed E-state index contributed by atoms with van der Waals surface area (Å²) in [6, 6.07) is 6.97. The fourth-order valence-corrected chi connectivity index (χ4v) is 3.00. The van der Waals surface area contributed by atoms with Gasteiger partial charge in [0.25, 0.3) is 0 Å². The molecule has 1 aromatic rings.